The number of nitrogens with one attached hydrogen (secondary N) is 1. The highest BCUT2D eigenvalue weighted by molar-refractivity contribution is 14.1. The van der Waals surface area contributed by atoms with Crippen molar-refractivity contribution in [3.8, 4) is 0 Å². The summed E-state index contributed by atoms with van der Waals surface area (Å²) in [5.74, 6) is 0.194. The second-order valence-corrected chi connectivity index (χ2v) is 11.4. The van der Waals surface area contributed by atoms with Gasteiger partial charge in [0.2, 0.25) is 5.91 Å². The SMILES string of the molecule is CC1(C)CCN(CC2=CC=C(N3CC(=O)NC4(CCN(I)CC4)C3)CC2)CC1. The molecule has 4 aliphatic rings. The van der Waals surface area contributed by atoms with Crippen LogP contribution in [-0.2, 0) is 4.79 Å². The maximum absolute atomic E-state index is 12.4. The summed E-state index contributed by atoms with van der Waals surface area (Å²) in [6, 6.07) is 0. The van der Waals surface area contributed by atoms with Crippen molar-refractivity contribution in [3.63, 3.8) is 0 Å². The molecule has 3 aliphatic heterocycles. The molecule has 1 amide bonds. The number of likely N-dealkylation sites (tertiary alicyclic amines) is 1. The van der Waals surface area contributed by atoms with Gasteiger partial charge >= 0.3 is 0 Å². The maximum Gasteiger partial charge on any atom is 0.240 e. The van der Waals surface area contributed by atoms with Crippen LogP contribution in [0.3, 0.4) is 0 Å². The van der Waals surface area contributed by atoms with Crippen molar-refractivity contribution in [2.45, 2.75) is 57.9 Å². The first-order chi connectivity index (χ1) is 13.3. The smallest absolute Gasteiger partial charge is 0.240 e. The van der Waals surface area contributed by atoms with E-state index in [4.69, 9.17) is 0 Å². The Hall–Kier alpha value is -0.600. The number of piperazine rings is 1. The Morgan fingerprint density at radius 3 is 2.39 bits per heavy atom. The zero-order chi connectivity index (χ0) is 19.8. The normalized spacial score (nSPS) is 28.7. The monoisotopic (exact) mass is 498 g/mol. The van der Waals surface area contributed by atoms with Gasteiger partial charge in [-0.05, 0) is 63.1 Å². The predicted octanol–water partition coefficient (Wildman–Crippen LogP) is 3.33. The molecule has 1 N–H and O–H groups in total. The lowest BCUT2D eigenvalue weighted by molar-refractivity contribution is -0.128. The molecule has 1 aliphatic carbocycles. The first-order valence-electron chi connectivity index (χ1n) is 10.9. The molecule has 3 heterocycles. The largest absolute Gasteiger partial charge is 0.363 e. The molecule has 0 unspecified atom stereocenters. The van der Waals surface area contributed by atoms with Gasteiger partial charge in [0.25, 0.3) is 0 Å². The van der Waals surface area contributed by atoms with E-state index in [-0.39, 0.29) is 11.4 Å². The van der Waals surface area contributed by atoms with Gasteiger partial charge in [-0.1, -0.05) is 25.5 Å². The lowest BCUT2D eigenvalue weighted by Crippen LogP contribution is -2.65. The fourth-order valence-corrected chi connectivity index (χ4v) is 5.51. The molecule has 0 aromatic heterocycles. The molecule has 156 valence electrons. The van der Waals surface area contributed by atoms with Gasteiger partial charge in [-0.2, -0.15) is 0 Å². The molecule has 0 radical (unpaired) electrons. The lowest BCUT2D eigenvalue weighted by atomic mass is 9.82. The number of carbonyl (C=O) groups is 1. The van der Waals surface area contributed by atoms with Gasteiger partial charge < -0.3 is 10.2 Å². The van der Waals surface area contributed by atoms with E-state index in [1.54, 1.807) is 5.57 Å². The van der Waals surface area contributed by atoms with Gasteiger partial charge in [0, 0.05) is 54.7 Å². The summed E-state index contributed by atoms with van der Waals surface area (Å²) < 4.78 is 2.34. The van der Waals surface area contributed by atoms with Gasteiger partial charge in [-0.3, -0.25) is 9.69 Å². The van der Waals surface area contributed by atoms with Crippen LogP contribution >= 0.6 is 22.9 Å². The number of nitrogens with zero attached hydrogens (tertiary/aromatic N) is 3. The van der Waals surface area contributed by atoms with Crippen molar-refractivity contribution in [1.82, 2.24) is 18.2 Å². The number of hydrogen-bond acceptors (Lipinski definition) is 4. The van der Waals surface area contributed by atoms with E-state index < -0.39 is 0 Å². The maximum atomic E-state index is 12.4. The summed E-state index contributed by atoms with van der Waals surface area (Å²) in [6.07, 6.45) is 11.6. The zero-order valence-electron chi connectivity index (χ0n) is 17.5. The van der Waals surface area contributed by atoms with Crippen LogP contribution in [0, 0.1) is 5.41 Å². The van der Waals surface area contributed by atoms with Crippen LogP contribution in [0.2, 0.25) is 0 Å². The van der Waals surface area contributed by atoms with Crippen LogP contribution in [0.15, 0.2) is 23.4 Å². The molecule has 3 saturated heterocycles. The van der Waals surface area contributed by atoms with E-state index >= 15 is 0 Å². The third-order valence-corrected chi connectivity index (χ3v) is 8.12. The van der Waals surface area contributed by atoms with Gasteiger partial charge in [-0.25, -0.2) is 3.11 Å². The van der Waals surface area contributed by atoms with Gasteiger partial charge in [0.05, 0.1) is 12.1 Å². The Morgan fingerprint density at radius 1 is 1.04 bits per heavy atom. The Balaban J connectivity index is 1.36. The number of allylic oxidation sites excluding steroid dienone is 3. The van der Waals surface area contributed by atoms with E-state index in [1.165, 1.54) is 31.6 Å². The molecule has 1 spiro atoms. The first-order valence-corrected chi connectivity index (χ1v) is 11.9. The molecular weight excluding hydrogens is 463 g/mol. The number of rotatable bonds is 3. The number of carbonyl (C=O) groups excluding carboxylic acids is 1. The van der Waals surface area contributed by atoms with E-state index in [9.17, 15) is 4.79 Å². The summed E-state index contributed by atoms with van der Waals surface area (Å²) >= 11 is 2.40. The van der Waals surface area contributed by atoms with Crippen LogP contribution in [-0.4, -0.2) is 70.2 Å². The second kappa shape index (κ2) is 8.26. The Labute approximate surface area is 184 Å². The summed E-state index contributed by atoms with van der Waals surface area (Å²) in [5, 5.41) is 3.33. The molecule has 0 saturated carbocycles. The van der Waals surface area contributed by atoms with Crippen LogP contribution in [0.1, 0.15) is 52.4 Å². The lowest BCUT2D eigenvalue weighted by Gasteiger charge is -2.48. The number of halogens is 1. The molecule has 5 nitrogen and oxygen atoms in total. The van der Waals surface area contributed by atoms with Gasteiger partial charge in [0.15, 0.2) is 0 Å². The Bertz CT molecular complexity index is 653. The van der Waals surface area contributed by atoms with Crippen LogP contribution in [0.25, 0.3) is 0 Å². The van der Waals surface area contributed by atoms with E-state index in [2.05, 4.69) is 67.1 Å². The Morgan fingerprint density at radius 2 is 1.75 bits per heavy atom. The topological polar surface area (TPSA) is 38.8 Å². The number of hydrogen-bond donors (Lipinski definition) is 1. The van der Waals surface area contributed by atoms with E-state index in [1.807, 2.05) is 0 Å². The zero-order valence-corrected chi connectivity index (χ0v) is 19.6. The van der Waals surface area contributed by atoms with Crippen molar-refractivity contribution < 1.29 is 4.79 Å². The molecular formula is C22H35IN4O. The summed E-state index contributed by atoms with van der Waals surface area (Å²) in [7, 11) is 0. The Kier molecular flexibility index (Phi) is 6.10. The van der Waals surface area contributed by atoms with Crippen molar-refractivity contribution in [3.05, 3.63) is 23.4 Å². The number of amides is 1. The van der Waals surface area contributed by atoms with Gasteiger partial charge in [0.1, 0.15) is 0 Å². The van der Waals surface area contributed by atoms with E-state index in [0.717, 1.165) is 51.9 Å². The molecule has 3 fully saturated rings. The molecule has 0 atom stereocenters. The predicted molar refractivity (Wildman–Crippen MR) is 122 cm³/mol. The van der Waals surface area contributed by atoms with Gasteiger partial charge in [-0.15, -0.1) is 0 Å². The van der Waals surface area contributed by atoms with Crippen LogP contribution in [0.5, 0.6) is 0 Å². The van der Waals surface area contributed by atoms with E-state index in [0.29, 0.717) is 12.0 Å². The number of piperidine rings is 2. The van der Waals surface area contributed by atoms with Crippen LogP contribution < -0.4 is 5.32 Å². The summed E-state index contributed by atoms with van der Waals surface area (Å²) in [6.45, 7) is 12.0. The molecule has 0 aromatic rings. The van der Waals surface area contributed by atoms with Crippen LogP contribution in [0.4, 0.5) is 0 Å². The van der Waals surface area contributed by atoms with Crippen molar-refractivity contribution in [2.24, 2.45) is 5.41 Å². The molecule has 0 bridgehead atoms. The summed E-state index contributed by atoms with van der Waals surface area (Å²) in [4.78, 5) is 17.4. The quantitative estimate of drug-likeness (QED) is 0.479. The van der Waals surface area contributed by atoms with Crippen molar-refractivity contribution in [2.75, 3.05) is 45.8 Å². The highest BCUT2D eigenvalue weighted by atomic mass is 127. The summed E-state index contributed by atoms with van der Waals surface area (Å²) in [5.41, 5.74) is 3.40. The highest BCUT2D eigenvalue weighted by Gasteiger charge is 2.41. The average Bonchev–Trinajstić information content (AvgIpc) is 2.66. The third-order valence-electron chi connectivity index (χ3n) is 7.15. The fourth-order valence-electron chi connectivity index (χ4n) is 5.03. The molecule has 4 rings (SSSR count). The fraction of sp³-hybridized carbons (Fsp3) is 0.773. The second-order valence-electron chi connectivity index (χ2n) is 10.0. The molecule has 0 aromatic carbocycles. The minimum Gasteiger partial charge on any atom is -0.363 e. The van der Waals surface area contributed by atoms with Crippen molar-refractivity contribution >= 4 is 28.8 Å². The minimum absolute atomic E-state index is 0.0254. The molecule has 28 heavy (non-hydrogen) atoms. The average molecular weight is 498 g/mol. The first kappa shape index (κ1) is 20.7. The molecule has 6 heteroatoms. The highest BCUT2D eigenvalue weighted by Crippen LogP contribution is 2.33. The minimum atomic E-state index is -0.0254. The third kappa shape index (κ3) is 4.93. The van der Waals surface area contributed by atoms with Crippen molar-refractivity contribution in [1.29, 1.82) is 0 Å². The standard InChI is InChI=1S/C22H35IN4O/c1-21(2)7-11-25(12-8-21)15-18-3-5-19(6-4-18)26-16-20(28)24-22(17-26)9-13-27(23)14-10-22/h3,5H,4,6-17H2,1-2H3,(H,24,28).